The molecule has 0 aromatic carbocycles. The highest BCUT2D eigenvalue weighted by Gasteiger charge is 2.19. The van der Waals surface area contributed by atoms with Crippen LogP contribution >= 0.6 is 23.5 Å². The summed E-state index contributed by atoms with van der Waals surface area (Å²) in [5, 5.41) is 0.649. The lowest BCUT2D eigenvalue weighted by Gasteiger charge is -2.10. The lowest BCUT2D eigenvalue weighted by molar-refractivity contribution is 0.898. The van der Waals surface area contributed by atoms with Gasteiger partial charge in [-0.2, -0.15) is 23.5 Å². The molecule has 0 fully saturated rings. The molecule has 2 rings (SSSR count). The predicted octanol–water partition coefficient (Wildman–Crippen LogP) is 2.54. The minimum Gasteiger partial charge on any atom is -0.308 e. The van der Waals surface area contributed by atoms with Crippen LogP contribution in [0.4, 0.5) is 5.82 Å². The van der Waals surface area contributed by atoms with Gasteiger partial charge in [-0.3, -0.25) is 0 Å². The van der Waals surface area contributed by atoms with Gasteiger partial charge in [0.2, 0.25) is 0 Å². The number of thioether (sulfide) groups is 2. The predicted molar refractivity (Wildman–Crippen MR) is 75.9 cm³/mol. The average Bonchev–Trinajstić information content (AvgIpc) is 2.82. The van der Waals surface area contributed by atoms with E-state index in [1.807, 2.05) is 23.5 Å². The van der Waals surface area contributed by atoms with Crippen LogP contribution in [-0.4, -0.2) is 15.2 Å². The van der Waals surface area contributed by atoms with E-state index in [1.165, 1.54) is 12.0 Å². The van der Waals surface area contributed by atoms with Crippen LogP contribution in [0.15, 0.2) is 0 Å². The number of nitrogen functional groups attached to an aromatic ring is 1. The number of nitrogens with zero attached hydrogens (tertiary/aromatic N) is 2. The average molecular weight is 270 g/mol. The molecule has 0 aliphatic carbocycles. The Labute approximate surface area is 111 Å². The van der Waals surface area contributed by atoms with Crippen molar-refractivity contribution in [3.8, 4) is 0 Å². The molecule has 1 aromatic heterocycles. The third-order valence-corrected chi connectivity index (χ3v) is 5.13. The van der Waals surface area contributed by atoms with Gasteiger partial charge >= 0.3 is 0 Å². The number of hydrogen-bond acceptors (Lipinski definition) is 6. The van der Waals surface area contributed by atoms with E-state index in [4.69, 9.17) is 5.84 Å². The van der Waals surface area contributed by atoms with Gasteiger partial charge in [-0.1, -0.05) is 13.8 Å². The molecule has 17 heavy (non-hydrogen) atoms. The van der Waals surface area contributed by atoms with Crippen molar-refractivity contribution >= 4 is 29.3 Å². The van der Waals surface area contributed by atoms with Crippen LogP contribution in [0.3, 0.4) is 0 Å². The van der Waals surface area contributed by atoms with Gasteiger partial charge in [0.15, 0.2) is 0 Å². The van der Waals surface area contributed by atoms with Crippen molar-refractivity contribution < 1.29 is 0 Å². The number of nitrogens with two attached hydrogens (primary N) is 1. The lowest BCUT2D eigenvalue weighted by atomic mass is 10.2. The maximum atomic E-state index is 5.52. The number of aromatic nitrogens is 2. The zero-order chi connectivity index (χ0) is 12.3. The van der Waals surface area contributed by atoms with Crippen molar-refractivity contribution in [3.05, 3.63) is 17.1 Å². The summed E-state index contributed by atoms with van der Waals surface area (Å²) < 4.78 is 0. The third kappa shape index (κ3) is 3.05. The molecule has 0 saturated heterocycles. The molecular formula is C11H18N4S2. The summed E-state index contributed by atoms with van der Waals surface area (Å²) in [7, 11) is 0. The summed E-state index contributed by atoms with van der Waals surface area (Å²) in [4.78, 5) is 9.11. The van der Waals surface area contributed by atoms with Gasteiger partial charge in [0, 0.05) is 22.3 Å². The Hall–Kier alpha value is -0.460. The summed E-state index contributed by atoms with van der Waals surface area (Å²) in [6.07, 6.45) is 1.17. The van der Waals surface area contributed by atoms with E-state index in [9.17, 15) is 0 Å². The first-order valence-corrected chi connectivity index (χ1v) is 7.99. The fourth-order valence-electron chi connectivity index (χ4n) is 1.62. The second kappa shape index (κ2) is 5.93. The Morgan fingerprint density at radius 3 is 3.00 bits per heavy atom. The molecule has 2 heterocycles. The molecule has 0 saturated carbocycles. The molecule has 4 nitrogen and oxygen atoms in total. The van der Waals surface area contributed by atoms with Crippen LogP contribution in [0.5, 0.6) is 0 Å². The van der Waals surface area contributed by atoms with Gasteiger partial charge in [-0.05, 0) is 6.42 Å². The Morgan fingerprint density at radius 2 is 2.29 bits per heavy atom. The van der Waals surface area contributed by atoms with Crippen molar-refractivity contribution in [2.45, 2.75) is 42.8 Å². The first-order chi connectivity index (χ1) is 8.24. The minimum absolute atomic E-state index is 0.649. The molecule has 1 unspecified atom stereocenters. The second-order valence-corrected chi connectivity index (χ2v) is 6.49. The summed E-state index contributed by atoms with van der Waals surface area (Å²) in [6.45, 7) is 4.43. The Balaban J connectivity index is 2.13. The molecule has 1 aromatic rings. The number of anilines is 1. The standard InChI is InChI=1S/C11H18N4S2/c1-3-7(2)17-6-10-13-9-5-16-4-8(9)11(14-10)15-12/h7H,3-6,12H2,1-2H3,(H,13,14,15). The Morgan fingerprint density at radius 1 is 1.47 bits per heavy atom. The van der Waals surface area contributed by atoms with Crippen LogP contribution < -0.4 is 11.3 Å². The molecule has 1 atom stereocenters. The fraction of sp³-hybridized carbons (Fsp3) is 0.636. The minimum atomic E-state index is 0.649. The quantitative estimate of drug-likeness (QED) is 0.633. The van der Waals surface area contributed by atoms with Gasteiger partial charge < -0.3 is 5.43 Å². The molecule has 6 heteroatoms. The topological polar surface area (TPSA) is 63.8 Å². The van der Waals surface area contributed by atoms with Crippen molar-refractivity contribution in [2.75, 3.05) is 5.43 Å². The number of rotatable bonds is 5. The smallest absolute Gasteiger partial charge is 0.148 e. The van der Waals surface area contributed by atoms with E-state index in [0.29, 0.717) is 5.25 Å². The first kappa shape index (κ1) is 13.0. The first-order valence-electron chi connectivity index (χ1n) is 5.79. The fourth-order valence-corrected chi connectivity index (χ4v) is 3.46. The SMILES string of the molecule is CCC(C)SCc1nc2c(c(NN)n1)CSC2. The van der Waals surface area contributed by atoms with Crippen LogP contribution in [0.25, 0.3) is 0 Å². The molecule has 3 N–H and O–H groups in total. The Kier molecular flexibility index (Phi) is 4.53. The molecule has 0 amide bonds. The number of nitrogens with one attached hydrogen (secondary N) is 1. The van der Waals surface area contributed by atoms with E-state index < -0.39 is 0 Å². The number of hydrazine groups is 1. The molecule has 0 spiro atoms. The van der Waals surface area contributed by atoms with Crippen LogP contribution in [0.1, 0.15) is 37.4 Å². The van der Waals surface area contributed by atoms with E-state index in [2.05, 4.69) is 29.2 Å². The van der Waals surface area contributed by atoms with Gasteiger partial charge in [0.05, 0.1) is 11.4 Å². The normalized spacial score (nSPS) is 15.7. The van der Waals surface area contributed by atoms with Gasteiger partial charge in [0.1, 0.15) is 11.6 Å². The third-order valence-electron chi connectivity index (χ3n) is 2.83. The van der Waals surface area contributed by atoms with Gasteiger partial charge in [0.25, 0.3) is 0 Å². The molecule has 1 aliphatic rings. The van der Waals surface area contributed by atoms with Crippen LogP contribution in [-0.2, 0) is 17.3 Å². The van der Waals surface area contributed by atoms with Crippen molar-refractivity contribution in [1.29, 1.82) is 0 Å². The van der Waals surface area contributed by atoms with Crippen LogP contribution in [0, 0.1) is 0 Å². The van der Waals surface area contributed by atoms with Crippen molar-refractivity contribution in [3.63, 3.8) is 0 Å². The molecular weight excluding hydrogens is 252 g/mol. The summed E-state index contributed by atoms with van der Waals surface area (Å²) in [5.41, 5.74) is 5.02. The summed E-state index contributed by atoms with van der Waals surface area (Å²) in [6, 6.07) is 0. The molecule has 1 aliphatic heterocycles. The summed E-state index contributed by atoms with van der Waals surface area (Å²) in [5.74, 6) is 10.0. The van der Waals surface area contributed by atoms with E-state index >= 15 is 0 Å². The Bertz CT molecular complexity index is 397. The molecule has 0 bridgehead atoms. The van der Waals surface area contributed by atoms with Crippen molar-refractivity contribution in [1.82, 2.24) is 9.97 Å². The lowest BCUT2D eigenvalue weighted by Crippen LogP contribution is -2.13. The zero-order valence-electron chi connectivity index (χ0n) is 10.2. The highest BCUT2D eigenvalue weighted by atomic mass is 32.2. The highest BCUT2D eigenvalue weighted by molar-refractivity contribution is 7.99. The molecule has 0 radical (unpaired) electrons. The van der Waals surface area contributed by atoms with E-state index in [1.54, 1.807) is 0 Å². The van der Waals surface area contributed by atoms with Gasteiger partial charge in [-0.15, -0.1) is 0 Å². The second-order valence-electron chi connectivity index (χ2n) is 4.08. The number of hydrogen-bond donors (Lipinski definition) is 2. The largest absolute Gasteiger partial charge is 0.308 e. The van der Waals surface area contributed by atoms with Gasteiger partial charge in [-0.25, -0.2) is 15.8 Å². The van der Waals surface area contributed by atoms with E-state index in [-0.39, 0.29) is 0 Å². The van der Waals surface area contributed by atoms with Crippen molar-refractivity contribution in [2.24, 2.45) is 5.84 Å². The van der Waals surface area contributed by atoms with E-state index in [0.717, 1.165) is 34.6 Å². The maximum absolute atomic E-state index is 5.52. The number of fused-ring (bicyclic) bond motifs is 1. The maximum Gasteiger partial charge on any atom is 0.148 e. The molecule has 94 valence electrons. The monoisotopic (exact) mass is 270 g/mol. The van der Waals surface area contributed by atoms with Crippen LogP contribution in [0.2, 0.25) is 0 Å². The zero-order valence-corrected chi connectivity index (χ0v) is 11.8. The highest BCUT2D eigenvalue weighted by Crippen LogP contribution is 2.33. The summed E-state index contributed by atoms with van der Waals surface area (Å²) >= 11 is 3.76.